The molecule has 1 aliphatic carbocycles. The molecule has 1 fully saturated rings. The van der Waals surface area contributed by atoms with Crippen LogP contribution in [-0.4, -0.2) is 29.5 Å². The molecule has 90 valence electrons. The van der Waals surface area contributed by atoms with Gasteiger partial charge in [0, 0.05) is 6.54 Å². The first-order valence-electron chi connectivity index (χ1n) is 6.36. The fourth-order valence-corrected chi connectivity index (χ4v) is 3.05. The Labute approximate surface area is 98.4 Å². The molecule has 2 rings (SSSR count). The molecule has 1 aliphatic heterocycles. The van der Waals surface area contributed by atoms with E-state index < -0.39 is 0 Å². The van der Waals surface area contributed by atoms with Gasteiger partial charge in [0.05, 0.1) is 12.1 Å². The molecule has 0 bridgehead atoms. The molecule has 2 unspecified atom stereocenters. The number of hydrogen-bond donors (Lipinski definition) is 1. The second-order valence-electron chi connectivity index (χ2n) is 5.33. The highest BCUT2D eigenvalue weighted by Crippen LogP contribution is 2.37. The second-order valence-corrected chi connectivity index (χ2v) is 5.33. The molecule has 2 N–H and O–H groups in total. The Morgan fingerprint density at radius 3 is 3.12 bits per heavy atom. The Morgan fingerprint density at radius 1 is 1.56 bits per heavy atom. The van der Waals surface area contributed by atoms with Gasteiger partial charge in [0.2, 0.25) is 0 Å². The zero-order valence-corrected chi connectivity index (χ0v) is 10.3. The molecule has 3 nitrogen and oxygen atoms in total. The van der Waals surface area contributed by atoms with Gasteiger partial charge in [-0.1, -0.05) is 25.8 Å². The monoisotopic (exact) mass is 221 g/mol. The van der Waals surface area contributed by atoms with Gasteiger partial charge in [-0.3, -0.25) is 4.99 Å². The van der Waals surface area contributed by atoms with Crippen LogP contribution in [-0.2, 0) is 0 Å². The molecule has 1 heterocycles. The third-order valence-corrected chi connectivity index (χ3v) is 4.14. The normalized spacial score (nSPS) is 34.9. The largest absolute Gasteiger partial charge is 0.370 e. The van der Waals surface area contributed by atoms with Gasteiger partial charge in [-0.2, -0.15) is 0 Å². The topological polar surface area (TPSA) is 41.6 Å². The molecule has 1 saturated carbocycles. The van der Waals surface area contributed by atoms with Gasteiger partial charge in [-0.15, -0.1) is 6.58 Å². The summed E-state index contributed by atoms with van der Waals surface area (Å²) in [5.41, 5.74) is 6.20. The van der Waals surface area contributed by atoms with E-state index in [2.05, 4.69) is 23.4 Å². The van der Waals surface area contributed by atoms with E-state index in [1.807, 2.05) is 6.08 Å². The van der Waals surface area contributed by atoms with Crippen molar-refractivity contribution in [2.45, 2.75) is 44.6 Å². The van der Waals surface area contributed by atoms with Gasteiger partial charge in [0.1, 0.15) is 0 Å². The minimum Gasteiger partial charge on any atom is -0.370 e. The first-order valence-corrected chi connectivity index (χ1v) is 6.36. The average molecular weight is 221 g/mol. The summed E-state index contributed by atoms with van der Waals surface area (Å²) >= 11 is 0. The van der Waals surface area contributed by atoms with Gasteiger partial charge in [-0.25, -0.2) is 0 Å². The summed E-state index contributed by atoms with van der Waals surface area (Å²) < 4.78 is 0. The molecule has 2 aliphatic rings. The van der Waals surface area contributed by atoms with E-state index in [9.17, 15) is 0 Å². The first-order chi connectivity index (χ1) is 7.68. The Bertz CT molecular complexity index is 298. The maximum atomic E-state index is 5.98. The molecule has 0 aromatic rings. The van der Waals surface area contributed by atoms with Gasteiger partial charge in [0.25, 0.3) is 0 Å². The van der Waals surface area contributed by atoms with Gasteiger partial charge in [0.15, 0.2) is 5.96 Å². The summed E-state index contributed by atoms with van der Waals surface area (Å²) in [7, 11) is 0. The van der Waals surface area contributed by atoms with Crippen molar-refractivity contribution < 1.29 is 0 Å². The Hall–Kier alpha value is -0.990. The third kappa shape index (κ3) is 1.95. The lowest BCUT2D eigenvalue weighted by molar-refractivity contribution is 0.187. The third-order valence-electron chi connectivity index (χ3n) is 4.14. The van der Waals surface area contributed by atoms with Crippen molar-refractivity contribution in [1.29, 1.82) is 0 Å². The molecule has 0 radical (unpaired) electrons. The van der Waals surface area contributed by atoms with Crippen LogP contribution in [0.25, 0.3) is 0 Å². The minimum atomic E-state index is 0.211. The van der Waals surface area contributed by atoms with Crippen LogP contribution in [0.2, 0.25) is 0 Å². The lowest BCUT2D eigenvalue weighted by Gasteiger charge is -2.38. The van der Waals surface area contributed by atoms with Crippen LogP contribution >= 0.6 is 0 Å². The molecular formula is C13H23N3. The van der Waals surface area contributed by atoms with Crippen LogP contribution in [0.3, 0.4) is 0 Å². The maximum absolute atomic E-state index is 5.98. The molecule has 3 heteroatoms. The molecule has 2 atom stereocenters. The minimum absolute atomic E-state index is 0.211. The highest BCUT2D eigenvalue weighted by atomic mass is 15.4. The molecule has 0 saturated heterocycles. The number of nitrogens with two attached hydrogens (primary N) is 1. The molecule has 0 aromatic carbocycles. The van der Waals surface area contributed by atoms with E-state index >= 15 is 0 Å². The summed E-state index contributed by atoms with van der Waals surface area (Å²) in [6.45, 7) is 7.91. The average Bonchev–Trinajstić information content (AvgIpc) is 2.46. The molecule has 16 heavy (non-hydrogen) atoms. The van der Waals surface area contributed by atoms with E-state index in [1.54, 1.807) is 0 Å². The van der Waals surface area contributed by atoms with Crippen molar-refractivity contribution in [1.82, 2.24) is 4.90 Å². The van der Waals surface area contributed by atoms with Crippen LogP contribution < -0.4 is 5.73 Å². The predicted molar refractivity (Wildman–Crippen MR) is 68.4 cm³/mol. The zero-order valence-electron chi connectivity index (χ0n) is 10.3. The predicted octanol–water partition coefficient (Wildman–Crippen LogP) is 2.14. The molecule has 0 aromatic heterocycles. The Kier molecular flexibility index (Phi) is 3.22. The van der Waals surface area contributed by atoms with Crippen molar-refractivity contribution in [2.24, 2.45) is 16.6 Å². The van der Waals surface area contributed by atoms with Gasteiger partial charge >= 0.3 is 0 Å². The highest BCUT2D eigenvalue weighted by Gasteiger charge is 2.42. The molecule has 1 spiro atoms. The van der Waals surface area contributed by atoms with Crippen molar-refractivity contribution >= 4 is 5.96 Å². The number of nitrogens with zero attached hydrogens (tertiary/aromatic N) is 2. The molecular weight excluding hydrogens is 198 g/mol. The van der Waals surface area contributed by atoms with Crippen molar-refractivity contribution in [3.8, 4) is 0 Å². The van der Waals surface area contributed by atoms with Gasteiger partial charge in [-0.05, 0) is 25.2 Å². The fourth-order valence-electron chi connectivity index (χ4n) is 3.05. The summed E-state index contributed by atoms with van der Waals surface area (Å²) in [5, 5.41) is 0. The van der Waals surface area contributed by atoms with Crippen LogP contribution in [0, 0.1) is 5.92 Å². The lowest BCUT2D eigenvalue weighted by atomic mass is 9.89. The number of rotatable bonds is 2. The van der Waals surface area contributed by atoms with E-state index in [4.69, 9.17) is 5.73 Å². The number of aliphatic imine (C=N–C) groups is 1. The van der Waals surface area contributed by atoms with E-state index in [1.165, 1.54) is 32.1 Å². The second kappa shape index (κ2) is 4.48. The lowest BCUT2D eigenvalue weighted by Crippen LogP contribution is -2.51. The van der Waals surface area contributed by atoms with E-state index in [0.717, 1.165) is 25.0 Å². The summed E-state index contributed by atoms with van der Waals surface area (Å²) in [6, 6.07) is 0. The van der Waals surface area contributed by atoms with Gasteiger partial charge < -0.3 is 10.6 Å². The Morgan fingerprint density at radius 2 is 2.38 bits per heavy atom. The summed E-state index contributed by atoms with van der Waals surface area (Å²) in [6.07, 6.45) is 8.35. The Balaban J connectivity index is 2.14. The molecule has 0 amide bonds. The van der Waals surface area contributed by atoms with Crippen molar-refractivity contribution in [3.63, 3.8) is 0 Å². The van der Waals surface area contributed by atoms with Crippen LogP contribution in [0.15, 0.2) is 17.6 Å². The van der Waals surface area contributed by atoms with Crippen LogP contribution in [0.4, 0.5) is 0 Å². The van der Waals surface area contributed by atoms with Crippen molar-refractivity contribution in [3.05, 3.63) is 12.7 Å². The summed E-state index contributed by atoms with van der Waals surface area (Å²) in [5.74, 6) is 1.57. The maximum Gasteiger partial charge on any atom is 0.192 e. The van der Waals surface area contributed by atoms with Crippen LogP contribution in [0.5, 0.6) is 0 Å². The zero-order chi connectivity index (χ0) is 11.6. The number of hydrogen-bond acceptors (Lipinski definition) is 3. The quantitative estimate of drug-likeness (QED) is 0.726. The summed E-state index contributed by atoms with van der Waals surface area (Å²) in [4.78, 5) is 6.73. The van der Waals surface area contributed by atoms with Crippen molar-refractivity contribution in [2.75, 3.05) is 13.1 Å². The standard InChI is InChI=1S/C13H23N3/c1-3-9-16-12(14)15-10-13(16)7-4-5-11(2)6-8-13/h3,11H,1,4-10H2,2H3,(H2,14,15). The highest BCUT2D eigenvalue weighted by molar-refractivity contribution is 5.81. The van der Waals surface area contributed by atoms with Crippen LogP contribution in [0.1, 0.15) is 39.0 Å². The van der Waals surface area contributed by atoms with E-state index in [0.29, 0.717) is 0 Å². The van der Waals surface area contributed by atoms with E-state index in [-0.39, 0.29) is 5.54 Å². The first kappa shape index (κ1) is 11.5. The fraction of sp³-hybridized carbons (Fsp3) is 0.769. The SMILES string of the molecule is C=CCN1C(N)=NCC12CCCC(C)CC2. The smallest absolute Gasteiger partial charge is 0.192 e. The number of guanidine groups is 1.